The standard InChI is InChI=1S/C45H62N6O9S/c1-5-30-25-45(30,42(54)49-61(56,57)32-16-17-32)48-40(52)35-22-31-26-51(35)41(53)39(28-13-8-6-9-14-28)47-43(55)59-27-44(2,3)18-12-15-29-21-33-34(23-36(29)58-4)46-38(24-37(33)60-31)50-19-10-7-11-20-50/h5,21,23-24,28,30-32,35,39H,1,6-20,22,25-27H2,2-4H3,(H,47,55)(H,48,52)(H,49,54)/t30-,31-,35+,39+,45?/m1/s1. The molecule has 4 heterocycles. The van der Waals surface area contributed by atoms with Gasteiger partial charge in [0.15, 0.2) is 0 Å². The largest absolute Gasteiger partial charge is 0.496 e. The van der Waals surface area contributed by atoms with Gasteiger partial charge in [0.05, 0.1) is 31.0 Å². The maximum atomic E-state index is 15.1. The molecule has 1 aromatic carbocycles. The first kappa shape index (κ1) is 43.1. The zero-order chi connectivity index (χ0) is 43.1. The highest BCUT2D eigenvalue weighted by atomic mass is 32.2. The number of hydrogen-bond acceptors (Lipinski definition) is 11. The van der Waals surface area contributed by atoms with E-state index in [4.69, 9.17) is 19.2 Å². The minimum atomic E-state index is -3.91. The zero-order valence-electron chi connectivity index (χ0n) is 35.8. The molecule has 3 aliphatic heterocycles. The highest BCUT2D eigenvalue weighted by molar-refractivity contribution is 7.91. The molecule has 15 nitrogen and oxygen atoms in total. The van der Waals surface area contributed by atoms with Crippen LogP contribution in [0.5, 0.6) is 11.5 Å². The number of aryl methyl sites for hydroxylation is 1. The van der Waals surface area contributed by atoms with E-state index in [2.05, 4.69) is 46.7 Å². The molecule has 3 saturated carbocycles. The third kappa shape index (κ3) is 9.29. The van der Waals surface area contributed by atoms with E-state index in [9.17, 15) is 22.8 Å². The number of alkyl carbamates (subject to hydrolysis) is 1. The van der Waals surface area contributed by atoms with Gasteiger partial charge >= 0.3 is 6.09 Å². The van der Waals surface area contributed by atoms with Crippen LogP contribution in [-0.4, -0.2) is 104 Å². The average molecular weight is 863 g/mol. The number of carbonyl (C=O) groups is 4. The number of anilines is 1. The molecule has 1 unspecified atom stereocenters. The lowest BCUT2D eigenvalue weighted by Crippen LogP contribution is -2.59. The molecule has 5 fully saturated rings. The molecular weight excluding hydrogens is 801 g/mol. The summed E-state index contributed by atoms with van der Waals surface area (Å²) in [5, 5.41) is 5.99. The predicted molar refractivity (Wildman–Crippen MR) is 230 cm³/mol. The summed E-state index contributed by atoms with van der Waals surface area (Å²) in [5.41, 5.74) is -0.223. The number of rotatable bonds is 9. The number of nitrogens with one attached hydrogen (secondary N) is 3. The van der Waals surface area contributed by atoms with Crippen molar-refractivity contribution in [3.8, 4) is 11.5 Å². The zero-order valence-corrected chi connectivity index (χ0v) is 36.7. The maximum absolute atomic E-state index is 15.1. The summed E-state index contributed by atoms with van der Waals surface area (Å²) in [7, 11) is -2.25. The van der Waals surface area contributed by atoms with Crippen molar-refractivity contribution < 1.29 is 41.8 Å². The number of methoxy groups -OCH3 is 1. The summed E-state index contributed by atoms with van der Waals surface area (Å²) in [6, 6.07) is 3.92. The smallest absolute Gasteiger partial charge is 0.407 e. The van der Waals surface area contributed by atoms with Crippen molar-refractivity contribution in [2.75, 3.05) is 38.3 Å². The minimum Gasteiger partial charge on any atom is -0.496 e. The van der Waals surface area contributed by atoms with Crippen LogP contribution >= 0.6 is 0 Å². The number of piperidine rings is 1. The van der Waals surface area contributed by atoms with Crippen molar-refractivity contribution in [3.05, 3.63) is 36.4 Å². The molecule has 16 heteroatoms. The minimum absolute atomic E-state index is 0.0237. The fourth-order valence-corrected chi connectivity index (χ4v) is 11.2. The Morgan fingerprint density at radius 3 is 2.44 bits per heavy atom. The van der Waals surface area contributed by atoms with E-state index in [1.807, 2.05) is 12.1 Å². The van der Waals surface area contributed by atoms with Crippen molar-refractivity contribution in [3.63, 3.8) is 0 Å². The van der Waals surface area contributed by atoms with Crippen molar-refractivity contribution in [2.24, 2.45) is 17.3 Å². The van der Waals surface area contributed by atoms with Gasteiger partial charge in [-0.1, -0.05) is 39.2 Å². The number of cyclic esters (lactones) is 1. The Morgan fingerprint density at radius 2 is 1.75 bits per heavy atom. The number of fused-ring (bicyclic) bond motifs is 3. The third-order valence-electron chi connectivity index (χ3n) is 13.8. The van der Waals surface area contributed by atoms with Gasteiger partial charge in [-0.05, 0) is 93.6 Å². The molecule has 6 aliphatic rings. The molecular formula is C45H62N6O9S. The van der Waals surface area contributed by atoms with Gasteiger partial charge < -0.3 is 34.6 Å². The molecule has 1 aromatic heterocycles. The van der Waals surface area contributed by atoms with Crippen molar-refractivity contribution in [1.82, 2.24) is 25.2 Å². The number of hydrogen-bond donors (Lipinski definition) is 3. The Bertz CT molecular complexity index is 2150. The highest BCUT2D eigenvalue weighted by Crippen LogP contribution is 2.46. The topological polar surface area (TPSA) is 186 Å². The number of carbonyl (C=O) groups excluding carboxylic acids is 4. The summed E-state index contributed by atoms with van der Waals surface area (Å²) in [5.74, 6) is -0.472. The number of nitrogens with zero attached hydrogens (tertiary/aromatic N) is 3. The van der Waals surface area contributed by atoms with Crippen LogP contribution in [0.4, 0.5) is 10.6 Å². The lowest BCUT2D eigenvalue weighted by molar-refractivity contribution is -0.142. The number of ether oxygens (including phenoxy) is 3. The fraction of sp³-hybridized carbons (Fsp3) is 0.667. The summed E-state index contributed by atoms with van der Waals surface area (Å²) in [4.78, 5) is 66.0. The van der Waals surface area contributed by atoms with E-state index >= 15 is 4.79 Å². The first-order valence-corrected chi connectivity index (χ1v) is 23.9. The number of pyridine rings is 1. The quantitative estimate of drug-likeness (QED) is 0.279. The van der Waals surface area contributed by atoms with E-state index in [1.165, 1.54) is 11.0 Å². The first-order chi connectivity index (χ1) is 29.2. The summed E-state index contributed by atoms with van der Waals surface area (Å²) in [6.07, 6.45) is 11.1. The lowest BCUT2D eigenvalue weighted by Gasteiger charge is -2.35. The van der Waals surface area contributed by atoms with Crippen LogP contribution in [0, 0.1) is 17.3 Å². The van der Waals surface area contributed by atoms with Gasteiger partial charge in [0.2, 0.25) is 21.8 Å². The second-order valence-electron chi connectivity index (χ2n) is 19.0. The molecule has 4 bridgehead atoms. The summed E-state index contributed by atoms with van der Waals surface area (Å²) in [6.45, 7) is 9.83. The van der Waals surface area contributed by atoms with Crippen LogP contribution in [0.25, 0.3) is 10.9 Å². The molecule has 0 radical (unpaired) electrons. The summed E-state index contributed by atoms with van der Waals surface area (Å²) < 4.78 is 46.7. The van der Waals surface area contributed by atoms with Gasteiger partial charge in [0, 0.05) is 42.9 Å². The third-order valence-corrected chi connectivity index (χ3v) is 15.6. The molecule has 4 amide bonds. The van der Waals surface area contributed by atoms with Gasteiger partial charge in [0.25, 0.3) is 5.91 Å². The molecule has 3 N–H and O–H groups in total. The molecule has 332 valence electrons. The Kier molecular flexibility index (Phi) is 12.2. The maximum Gasteiger partial charge on any atom is 0.407 e. The van der Waals surface area contributed by atoms with E-state index in [-0.39, 0.29) is 37.3 Å². The number of amides is 4. The van der Waals surface area contributed by atoms with E-state index in [0.717, 1.165) is 94.1 Å². The molecule has 61 heavy (non-hydrogen) atoms. The number of sulfonamides is 1. The van der Waals surface area contributed by atoms with Crippen LogP contribution in [-0.2, 0) is 35.6 Å². The van der Waals surface area contributed by atoms with Crippen molar-refractivity contribution in [1.29, 1.82) is 0 Å². The Balaban J connectivity index is 1.18. The van der Waals surface area contributed by atoms with Crippen molar-refractivity contribution in [2.45, 2.75) is 139 Å². The van der Waals surface area contributed by atoms with Gasteiger partial charge in [-0.3, -0.25) is 19.1 Å². The fourth-order valence-electron chi connectivity index (χ4n) is 9.88. The molecule has 2 saturated heterocycles. The van der Waals surface area contributed by atoms with Gasteiger partial charge in [-0.25, -0.2) is 18.2 Å². The highest BCUT2D eigenvalue weighted by Gasteiger charge is 2.62. The van der Waals surface area contributed by atoms with Crippen LogP contribution in [0.1, 0.15) is 109 Å². The second kappa shape index (κ2) is 17.3. The number of benzene rings is 1. The summed E-state index contributed by atoms with van der Waals surface area (Å²) >= 11 is 0. The molecule has 0 spiro atoms. The monoisotopic (exact) mass is 862 g/mol. The number of aromatic nitrogens is 1. The predicted octanol–water partition coefficient (Wildman–Crippen LogP) is 5.29. The molecule has 5 atom stereocenters. The van der Waals surface area contributed by atoms with E-state index in [1.54, 1.807) is 7.11 Å². The van der Waals surface area contributed by atoms with Crippen LogP contribution in [0.15, 0.2) is 30.9 Å². The lowest BCUT2D eigenvalue weighted by atomic mass is 9.83. The normalized spacial score (nSPS) is 28.8. The van der Waals surface area contributed by atoms with E-state index in [0.29, 0.717) is 36.3 Å². The van der Waals surface area contributed by atoms with Crippen LogP contribution in [0.2, 0.25) is 0 Å². The van der Waals surface area contributed by atoms with Gasteiger partial charge in [-0.2, -0.15) is 0 Å². The van der Waals surface area contributed by atoms with Gasteiger partial charge in [0.1, 0.15) is 41.0 Å². The van der Waals surface area contributed by atoms with Crippen LogP contribution in [0.3, 0.4) is 0 Å². The van der Waals surface area contributed by atoms with Crippen molar-refractivity contribution >= 4 is 50.6 Å². The Labute approximate surface area is 359 Å². The first-order valence-electron chi connectivity index (χ1n) is 22.4. The second-order valence-corrected chi connectivity index (χ2v) is 20.9. The molecule has 3 aliphatic carbocycles. The Hall–Kier alpha value is -4.60. The molecule has 2 aromatic rings. The van der Waals surface area contributed by atoms with Crippen LogP contribution < -0.4 is 29.7 Å². The average Bonchev–Trinajstić information content (AvgIpc) is 4.18. The molecule has 8 rings (SSSR count). The Morgan fingerprint density at radius 1 is 1.02 bits per heavy atom. The van der Waals surface area contributed by atoms with Gasteiger partial charge in [-0.15, -0.1) is 6.58 Å². The van der Waals surface area contributed by atoms with E-state index < -0.39 is 68.7 Å². The SMILES string of the molecule is C=C[C@@H]1CC1(NC(=O)[C@@H]1C[C@@H]2CN1C(=O)[C@H](C1CCCCC1)NC(=O)OCC(C)(C)CCCc1cc3c(cc(N4CCCCC4)nc3cc1OC)O2)C(=O)NS(=O)(=O)C1CC1.